The molecule has 3 aliphatic heterocycles. The molecule has 0 aromatic carbocycles. The quantitative estimate of drug-likeness (QED) is 0.776. The van der Waals surface area contributed by atoms with E-state index in [0.29, 0.717) is 19.0 Å². The van der Waals surface area contributed by atoms with Crippen molar-refractivity contribution in [1.29, 1.82) is 0 Å². The SMILES string of the molecule is O=C(CN1CCC(N2CCCC2)C1)N1N=C(c2cccs2)CC1c1ccco1. The molecule has 28 heavy (non-hydrogen) atoms. The van der Waals surface area contributed by atoms with Gasteiger partial charge in [0, 0.05) is 25.6 Å². The summed E-state index contributed by atoms with van der Waals surface area (Å²) in [5.41, 5.74) is 0.973. The Hall–Kier alpha value is -1.96. The van der Waals surface area contributed by atoms with Crippen molar-refractivity contribution >= 4 is 23.0 Å². The number of rotatable bonds is 5. The van der Waals surface area contributed by atoms with Gasteiger partial charge in [0.15, 0.2) is 0 Å². The highest BCUT2D eigenvalue weighted by Crippen LogP contribution is 2.34. The first-order valence-electron chi connectivity index (χ1n) is 10.2. The summed E-state index contributed by atoms with van der Waals surface area (Å²) in [6.07, 6.45) is 6.17. The van der Waals surface area contributed by atoms with E-state index in [2.05, 4.69) is 15.9 Å². The molecule has 0 spiro atoms. The third-order valence-corrected chi connectivity index (χ3v) is 7.03. The number of furan rings is 1. The average Bonchev–Trinajstić information content (AvgIpc) is 3.53. The number of likely N-dealkylation sites (tertiary alicyclic amines) is 2. The average molecular weight is 399 g/mol. The van der Waals surface area contributed by atoms with Gasteiger partial charge in [-0.05, 0) is 55.9 Å². The molecule has 2 aromatic heterocycles. The van der Waals surface area contributed by atoms with Crippen LogP contribution in [-0.4, -0.2) is 65.2 Å². The van der Waals surface area contributed by atoms with Crippen LogP contribution in [0.15, 0.2) is 45.4 Å². The maximum Gasteiger partial charge on any atom is 0.257 e. The highest BCUT2D eigenvalue weighted by Gasteiger charge is 2.37. The molecule has 2 saturated heterocycles. The van der Waals surface area contributed by atoms with Crippen LogP contribution in [0.3, 0.4) is 0 Å². The van der Waals surface area contributed by atoms with E-state index in [1.807, 2.05) is 23.6 Å². The lowest BCUT2D eigenvalue weighted by Crippen LogP contribution is -2.40. The lowest BCUT2D eigenvalue weighted by molar-refractivity contribution is -0.134. The van der Waals surface area contributed by atoms with Crippen LogP contribution >= 0.6 is 11.3 Å². The molecule has 2 unspecified atom stereocenters. The van der Waals surface area contributed by atoms with Crippen LogP contribution in [-0.2, 0) is 4.79 Å². The molecule has 6 nitrogen and oxygen atoms in total. The van der Waals surface area contributed by atoms with Crippen molar-refractivity contribution in [1.82, 2.24) is 14.8 Å². The van der Waals surface area contributed by atoms with E-state index in [-0.39, 0.29) is 11.9 Å². The van der Waals surface area contributed by atoms with Gasteiger partial charge in [-0.1, -0.05) is 6.07 Å². The van der Waals surface area contributed by atoms with Crippen molar-refractivity contribution in [3.63, 3.8) is 0 Å². The summed E-state index contributed by atoms with van der Waals surface area (Å²) < 4.78 is 5.63. The lowest BCUT2D eigenvalue weighted by atomic mass is 10.1. The molecular formula is C21H26N4O2S. The highest BCUT2D eigenvalue weighted by atomic mass is 32.1. The Balaban J connectivity index is 1.29. The Morgan fingerprint density at radius 3 is 2.86 bits per heavy atom. The minimum Gasteiger partial charge on any atom is -0.467 e. The summed E-state index contributed by atoms with van der Waals surface area (Å²) >= 11 is 1.67. The molecule has 0 N–H and O–H groups in total. The monoisotopic (exact) mass is 398 g/mol. The molecule has 2 fully saturated rings. The fourth-order valence-corrected chi connectivity index (χ4v) is 5.38. The highest BCUT2D eigenvalue weighted by molar-refractivity contribution is 7.12. The number of nitrogens with zero attached hydrogens (tertiary/aromatic N) is 4. The van der Waals surface area contributed by atoms with Crippen LogP contribution in [0, 0.1) is 0 Å². The summed E-state index contributed by atoms with van der Waals surface area (Å²) in [6, 6.07) is 8.38. The van der Waals surface area contributed by atoms with Gasteiger partial charge in [-0.3, -0.25) is 14.6 Å². The smallest absolute Gasteiger partial charge is 0.257 e. The van der Waals surface area contributed by atoms with Crippen molar-refractivity contribution in [2.24, 2.45) is 5.10 Å². The number of hydrogen-bond acceptors (Lipinski definition) is 6. The molecule has 5 rings (SSSR count). The van der Waals surface area contributed by atoms with Crippen molar-refractivity contribution < 1.29 is 9.21 Å². The first-order valence-corrected chi connectivity index (χ1v) is 11.1. The predicted octanol–water partition coefficient (Wildman–Crippen LogP) is 3.19. The Bertz CT molecular complexity index is 827. The number of thiophene rings is 1. The second-order valence-corrected chi connectivity index (χ2v) is 8.87. The summed E-state index contributed by atoms with van der Waals surface area (Å²) in [7, 11) is 0. The zero-order valence-electron chi connectivity index (χ0n) is 16.0. The second-order valence-electron chi connectivity index (χ2n) is 7.92. The number of carbonyl (C=O) groups excluding carboxylic acids is 1. The molecule has 0 radical (unpaired) electrons. The van der Waals surface area contributed by atoms with Crippen molar-refractivity contribution in [3.8, 4) is 0 Å². The molecule has 2 atom stereocenters. The largest absolute Gasteiger partial charge is 0.467 e. The molecule has 5 heterocycles. The lowest BCUT2D eigenvalue weighted by Gasteiger charge is -2.25. The van der Waals surface area contributed by atoms with E-state index in [4.69, 9.17) is 9.52 Å². The van der Waals surface area contributed by atoms with Crippen molar-refractivity contribution in [2.75, 3.05) is 32.7 Å². The summed E-state index contributed by atoms with van der Waals surface area (Å²) in [5, 5.41) is 8.43. The maximum absolute atomic E-state index is 13.2. The zero-order chi connectivity index (χ0) is 18.9. The van der Waals surface area contributed by atoms with Gasteiger partial charge in [-0.2, -0.15) is 5.10 Å². The first-order chi connectivity index (χ1) is 13.8. The minimum atomic E-state index is -0.142. The molecular weight excluding hydrogens is 372 g/mol. The number of carbonyl (C=O) groups is 1. The van der Waals surface area contributed by atoms with Gasteiger partial charge in [-0.25, -0.2) is 5.01 Å². The molecule has 2 aromatic rings. The van der Waals surface area contributed by atoms with E-state index in [0.717, 1.165) is 29.4 Å². The number of hydrogen-bond donors (Lipinski definition) is 0. The van der Waals surface area contributed by atoms with Gasteiger partial charge in [-0.15, -0.1) is 11.3 Å². The van der Waals surface area contributed by atoms with E-state index < -0.39 is 0 Å². The maximum atomic E-state index is 13.2. The van der Waals surface area contributed by atoms with Crippen LogP contribution in [0.25, 0.3) is 0 Å². The Morgan fingerprint density at radius 1 is 1.21 bits per heavy atom. The minimum absolute atomic E-state index is 0.0648. The Morgan fingerprint density at radius 2 is 2.11 bits per heavy atom. The third-order valence-electron chi connectivity index (χ3n) is 6.11. The second kappa shape index (κ2) is 7.81. The van der Waals surface area contributed by atoms with Crippen LogP contribution in [0.2, 0.25) is 0 Å². The number of hydrazone groups is 1. The van der Waals surface area contributed by atoms with Gasteiger partial charge in [0.1, 0.15) is 11.8 Å². The van der Waals surface area contributed by atoms with Gasteiger partial charge in [0.25, 0.3) is 5.91 Å². The van der Waals surface area contributed by atoms with E-state index in [9.17, 15) is 4.79 Å². The molecule has 1 amide bonds. The third kappa shape index (κ3) is 3.54. The van der Waals surface area contributed by atoms with Crippen LogP contribution < -0.4 is 0 Å². The van der Waals surface area contributed by atoms with Gasteiger partial charge in [0.2, 0.25) is 0 Å². The summed E-state index contributed by atoms with van der Waals surface area (Å²) in [6.45, 7) is 4.85. The molecule has 0 aliphatic carbocycles. The molecule has 0 bridgehead atoms. The van der Waals surface area contributed by atoms with Crippen LogP contribution in [0.5, 0.6) is 0 Å². The number of amides is 1. The molecule has 0 saturated carbocycles. The summed E-state index contributed by atoms with van der Waals surface area (Å²) in [5.74, 6) is 0.870. The van der Waals surface area contributed by atoms with Gasteiger partial charge >= 0.3 is 0 Å². The molecule has 148 valence electrons. The summed E-state index contributed by atoms with van der Waals surface area (Å²) in [4.78, 5) is 19.2. The van der Waals surface area contributed by atoms with Crippen LogP contribution in [0.4, 0.5) is 0 Å². The van der Waals surface area contributed by atoms with Crippen LogP contribution in [0.1, 0.15) is 42.4 Å². The first kappa shape index (κ1) is 18.1. The predicted molar refractivity (Wildman–Crippen MR) is 109 cm³/mol. The fraction of sp³-hybridized carbons (Fsp3) is 0.524. The fourth-order valence-electron chi connectivity index (χ4n) is 4.66. The van der Waals surface area contributed by atoms with Crippen molar-refractivity contribution in [3.05, 3.63) is 46.5 Å². The van der Waals surface area contributed by atoms with E-state index >= 15 is 0 Å². The Labute approximate surface area is 169 Å². The molecule has 7 heteroatoms. The normalized spacial score (nSPS) is 26.3. The van der Waals surface area contributed by atoms with Crippen molar-refractivity contribution in [2.45, 2.75) is 37.8 Å². The van der Waals surface area contributed by atoms with E-state index in [1.54, 1.807) is 22.6 Å². The van der Waals surface area contributed by atoms with E-state index in [1.165, 1.54) is 32.4 Å². The Kier molecular flexibility index (Phi) is 5.05. The van der Waals surface area contributed by atoms with Gasteiger partial charge < -0.3 is 4.42 Å². The standard InChI is InChI=1S/C21H26N4O2S/c26-21(15-23-10-7-16(14-23)24-8-1-2-9-24)25-18(19-5-3-11-27-19)13-17(22-25)20-6-4-12-28-20/h3-6,11-12,16,18H,1-2,7-10,13-15H2. The topological polar surface area (TPSA) is 52.3 Å². The van der Waals surface area contributed by atoms with Gasteiger partial charge in [0.05, 0.1) is 23.4 Å². The molecule has 3 aliphatic rings. The zero-order valence-corrected chi connectivity index (χ0v) is 16.8.